The minimum atomic E-state index is -1.42. The van der Waals surface area contributed by atoms with E-state index in [1.54, 1.807) is 6.92 Å². The van der Waals surface area contributed by atoms with Gasteiger partial charge in [0, 0.05) is 0 Å². The highest BCUT2D eigenvalue weighted by Gasteiger charge is 2.24. The normalized spacial score (nSPS) is 11.9. The molecular weight excluding hydrogens is 228 g/mol. The molecule has 3 N–H and O–H groups in total. The average Bonchev–Trinajstić information content (AvgIpc) is 2.28. The van der Waals surface area contributed by atoms with Gasteiger partial charge in [0.15, 0.2) is 0 Å². The van der Waals surface area contributed by atoms with Gasteiger partial charge in [-0.3, -0.25) is 14.9 Å². The van der Waals surface area contributed by atoms with Gasteiger partial charge in [0.2, 0.25) is 0 Å². The van der Waals surface area contributed by atoms with E-state index in [0.29, 0.717) is 12.4 Å². The topological polar surface area (TPSA) is 116 Å². The molecule has 17 heavy (non-hydrogen) atoms. The minimum absolute atomic E-state index is 0.0500. The number of ether oxygens (including phenoxy) is 1. The van der Waals surface area contributed by atoms with E-state index in [-0.39, 0.29) is 11.3 Å². The van der Waals surface area contributed by atoms with E-state index in [2.05, 4.69) is 0 Å². The van der Waals surface area contributed by atoms with Crippen LogP contribution in [-0.4, -0.2) is 22.6 Å². The van der Waals surface area contributed by atoms with Gasteiger partial charge >= 0.3 is 5.97 Å². The first-order chi connectivity index (χ1) is 7.97. The molecule has 0 aliphatic heterocycles. The predicted molar refractivity (Wildman–Crippen MR) is 58.8 cm³/mol. The third-order valence-corrected chi connectivity index (χ3v) is 2.11. The molecule has 7 nitrogen and oxygen atoms in total. The van der Waals surface area contributed by atoms with Gasteiger partial charge < -0.3 is 15.6 Å². The molecule has 1 aromatic carbocycles. The number of hydrogen-bond donors (Lipinski definition) is 2. The summed E-state index contributed by atoms with van der Waals surface area (Å²) in [5.41, 5.74) is 4.95. The molecule has 0 aromatic heterocycles. The molecule has 0 radical (unpaired) electrons. The Balaban J connectivity index is 3.22. The van der Waals surface area contributed by atoms with E-state index in [9.17, 15) is 14.9 Å². The second-order valence-corrected chi connectivity index (χ2v) is 3.23. The van der Waals surface area contributed by atoms with Crippen LogP contribution >= 0.6 is 0 Å². The van der Waals surface area contributed by atoms with Crippen LogP contribution in [0.2, 0.25) is 0 Å². The molecule has 0 heterocycles. The number of carbonyl (C=O) groups is 1. The molecule has 0 fully saturated rings. The van der Waals surface area contributed by atoms with Crippen LogP contribution in [0.4, 0.5) is 5.69 Å². The number of nitrogens with two attached hydrogens (primary N) is 1. The first kappa shape index (κ1) is 12.9. The average molecular weight is 240 g/mol. The number of carboxylic acid groups (broad SMARTS) is 1. The molecule has 0 spiro atoms. The van der Waals surface area contributed by atoms with E-state index in [0.717, 1.165) is 0 Å². The number of benzene rings is 1. The highest BCUT2D eigenvalue weighted by molar-refractivity contribution is 5.77. The number of rotatable bonds is 5. The van der Waals surface area contributed by atoms with Crippen LogP contribution in [0.15, 0.2) is 18.2 Å². The van der Waals surface area contributed by atoms with E-state index < -0.39 is 16.9 Å². The van der Waals surface area contributed by atoms with Crippen molar-refractivity contribution in [2.75, 3.05) is 6.61 Å². The number of hydrogen-bond acceptors (Lipinski definition) is 5. The standard InChI is InChI=1S/C10H12N2O5/c1-2-17-6-3-4-7(9(11)10(13)14)8(5-6)12(15)16/h3-5,9H,2,11H2,1H3,(H,13,14). The maximum absolute atomic E-state index is 10.8. The molecule has 7 heteroatoms. The van der Waals surface area contributed by atoms with Crippen molar-refractivity contribution in [3.8, 4) is 5.75 Å². The number of aliphatic carboxylic acids is 1. The summed E-state index contributed by atoms with van der Waals surface area (Å²) in [5, 5.41) is 19.5. The number of carboxylic acids is 1. The summed E-state index contributed by atoms with van der Waals surface area (Å²) in [6.45, 7) is 2.10. The van der Waals surface area contributed by atoms with Crippen molar-refractivity contribution in [1.29, 1.82) is 0 Å². The molecule has 0 saturated carbocycles. The molecule has 0 amide bonds. The van der Waals surface area contributed by atoms with Crippen molar-refractivity contribution in [3.05, 3.63) is 33.9 Å². The van der Waals surface area contributed by atoms with Crippen LogP contribution in [0.1, 0.15) is 18.5 Å². The highest BCUT2D eigenvalue weighted by atomic mass is 16.6. The Labute approximate surface area is 97.0 Å². The quantitative estimate of drug-likeness (QED) is 0.587. The summed E-state index contributed by atoms with van der Waals surface area (Å²) in [6, 6.07) is 2.49. The second kappa shape index (κ2) is 5.26. The van der Waals surface area contributed by atoms with E-state index in [1.807, 2.05) is 0 Å². The molecule has 92 valence electrons. The molecule has 0 aliphatic carbocycles. The first-order valence-corrected chi connectivity index (χ1v) is 4.87. The zero-order valence-electron chi connectivity index (χ0n) is 9.12. The summed E-state index contributed by atoms with van der Waals surface area (Å²) in [6.07, 6.45) is 0. The lowest BCUT2D eigenvalue weighted by Crippen LogP contribution is -2.21. The van der Waals surface area contributed by atoms with E-state index in [1.165, 1.54) is 18.2 Å². The molecule has 0 saturated heterocycles. The lowest BCUT2D eigenvalue weighted by molar-refractivity contribution is -0.385. The van der Waals surface area contributed by atoms with Crippen molar-refractivity contribution >= 4 is 11.7 Å². The van der Waals surface area contributed by atoms with Crippen molar-refractivity contribution in [2.24, 2.45) is 5.73 Å². The van der Waals surface area contributed by atoms with Gasteiger partial charge in [0.25, 0.3) is 5.69 Å². The number of nitro benzene ring substituents is 1. The predicted octanol–water partition coefficient (Wildman–Crippen LogP) is 1.08. The fourth-order valence-corrected chi connectivity index (χ4v) is 1.33. The van der Waals surface area contributed by atoms with Crippen LogP contribution in [-0.2, 0) is 4.79 Å². The molecule has 1 atom stereocenters. The Morgan fingerprint density at radius 1 is 1.65 bits per heavy atom. The molecule has 1 aromatic rings. The Morgan fingerprint density at radius 2 is 2.29 bits per heavy atom. The summed E-state index contributed by atoms with van der Waals surface area (Å²) in [4.78, 5) is 20.8. The molecular formula is C10H12N2O5. The van der Waals surface area contributed by atoms with Crippen molar-refractivity contribution in [3.63, 3.8) is 0 Å². The van der Waals surface area contributed by atoms with Crippen LogP contribution in [0.3, 0.4) is 0 Å². The second-order valence-electron chi connectivity index (χ2n) is 3.23. The zero-order valence-corrected chi connectivity index (χ0v) is 9.12. The fourth-order valence-electron chi connectivity index (χ4n) is 1.33. The first-order valence-electron chi connectivity index (χ1n) is 4.87. The molecule has 1 unspecified atom stereocenters. The molecule has 1 rings (SSSR count). The van der Waals surface area contributed by atoms with Gasteiger partial charge in [-0.25, -0.2) is 0 Å². The summed E-state index contributed by atoms with van der Waals surface area (Å²) < 4.78 is 5.10. The SMILES string of the molecule is CCOc1ccc(C(N)C(=O)O)c([N+](=O)[O-])c1. The van der Waals surface area contributed by atoms with Gasteiger partial charge in [-0.2, -0.15) is 0 Å². The van der Waals surface area contributed by atoms with Crippen LogP contribution in [0, 0.1) is 10.1 Å². The Kier molecular flexibility index (Phi) is 4.00. The smallest absolute Gasteiger partial charge is 0.325 e. The molecule has 0 bridgehead atoms. The third kappa shape index (κ3) is 2.91. The maximum atomic E-state index is 10.8. The number of nitrogens with zero attached hydrogens (tertiary/aromatic N) is 1. The monoisotopic (exact) mass is 240 g/mol. The summed E-state index contributed by atoms with van der Waals surface area (Å²) >= 11 is 0. The van der Waals surface area contributed by atoms with Gasteiger partial charge in [-0.15, -0.1) is 0 Å². The van der Waals surface area contributed by atoms with Gasteiger partial charge in [0.1, 0.15) is 11.8 Å². The maximum Gasteiger partial charge on any atom is 0.325 e. The number of nitro groups is 1. The Hall–Kier alpha value is -2.15. The van der Waals surface area contributed by atoms with Gasteiger partial charge in [0.05, 0.1) is 23.2 Å². The Morgan fingerprint density at radius 3 is 2.76 bits per heavy atom. The van der Waals surface area contributed by atoms with Crippen LogP contribution in [0.25, 0.3) is 0 Å². The lowest BCUT2D eigenvalue weighted by atomic mass is 10.1. The van der Waals surface area contributed by atoms with Crippen LogP contribution in [0.5, 0.6) is 5.75 Å². The van der Waals surface area contributed by atoms with E-state index in [4.69, 9.17) is 15.6 Å². The van der Waals surface area contributed by atoms with Crippen molar-refractivity contribution < 1.29 is 19.6 Å². The van der Waals surface area contributed by atoms with Crippen molar-refractivity contribution in [1.82, 2.24) is 0 Å². The van der Waals surface area contributed by atoms with Crippen LogP contribution < -0.4 is 10.5 Å². The highest BCUT2D eigenvalue weighted by Crippen LogP contribution is 2.28. The largest absolute Gasteiger partial charge is 0.494 e. The van der Waals surface area contributed by atoms with Crippen molar-refractivity contribution in [2.45, 2.75) is 13.0 Å². The summed E-state index contributed by atoms with van der Waals surface area (Å²) in [5.74, 6) is -1.02. The fraction of sp³-hybridized carbons (Fsp3) is 0.300. The Bertz CT molecular complexity index is 446. The zero-order chi connectivity index (χ0) is 13.0. The van der Waals surface area contributed by atoms with E-state index >= 15 is 0 Å². The van der Waals surface area contributed by atoms with Gasteiger partial charge in [-0.1, -0.05) is 0 Å². The lowest BCUT2D eigenvalue weighted by Gasteiger charge is -2.09. The molecule has 0 aliphatic rings. The van der Waals surface area contributed by atoms with Gasteiger partial charge in [-0.05, 0) is 19.1 Å². The summed E-state index contributed by atoms with van der Waals surface area (Å²) in [7, 11) is 0. The third-order valence-electron chi connectivity index (χ3n) is 2.11. The minimum Gasteiger partial charge on any atom is -0.494 e.